The molecule has 2 heterocycles. The molecule has 0 aliphatic rings. The van der Waals surface area contributed by atoms with Gasteiger partial charge in [-0.15, -0.1) is 0 Å². The van der Waals surface area contributed by atoms with E-state index in [0.29, 0.717) is 17.8 Å². The minimum absolute atomic E-state index is 0.197. The van der Waals surface area contributed by atoms with E-state index in [0.717, 1.165) is 34.7 Å². The predicted molar refractivity (Wildman–Crippen MR) is 130 cm³/mol. The molecular weight excluding hydrogens is 412 g/mol. The first-order valence-electron chi connectivity index (χ1n) is 11.1. The number of carbonyl (C=O) groups is 1. The molecule has 0 bridgehead atoms. The summed E-state index contributed by atoms with van der Waals surface area (Å²) >= 11 is 0. The molecular formula is C27H30N4O2. The standard InChI is InChI=1S/C27H30N4O2/c1-16-10-17(2)23(18(3)11-16)13-24-19(4)30-26-25(15-29-31(26)20(24)5)27(32)28-14-21-8-7-9-22(12-21)33-6/h7-12,15H,13-14H2,1-6H3,(H,28,32). The maximum absolute atomic E-state index is 12.9. The summed E-state index contributed by atoms with van der Waals surface area (Å²) in [7, 11) is 1.63. The van der Waals surface area contributed by atoms with Crippen LogP contribution in [0, 0.1) is 34.6 Å². The lowest BCUT2D eigenvalue weighted by Crippen LogP contribution is -2.23. The maximum atomic E-state index is 12.9. The number of aryl methyl sites for hydroxylation is 5. The highest BCUT2D eigenvalue weighted by molar-refractivity contribution is 5.99. The third kappa shape index (κ3) is 4.46. The summed E-state index contributed by atoms with van der Waals surface area (Å²) in [6.45, 7) is 10.9. The molecule has 170 valence electrons. The van der Waals surface area contributed by atoms with Crippen molar-refractivity contribution < 1.29 is 9.53 Å². The number of nitrogens with zero attached hydrogens (tertiary/aromatic N) is 3. The second-order valence-corrected chi connectivity index (χ2v) is 8.64. The molecule has 0 atom stereocenters. The molecule has 6 heteroatoms. The van der Waals surface area contributed by atoms with Crippen LogP contribution in [0.4, 0.5) is 0 Å². The topological polar surface area (TPSA) is 68.5 Å². The summed E-state index contributed by atoms with van der Waals surface area (Å²) in [5.74, 6) is 0.564. The van der Waals surface area contributed by atoms with Crippen molar-refractivity contribution in [3.8, 4) is 5.75 Å². The van der Waals surface area contributed by atoms with Crippen molar-refractivity contribution in [1.29, 1.82) is 0 Å². The third-order valence-corrected chi connectivity index (χ3v) is 6.23. The van der Waals surface area contributed by atoms with Crippen molar-refractivity contribution in [2.75, 3.05) is 7.11 Å². The number of hydrogen-bond donors (Lipinski definition) is 1. The Kier molecular flexibility index (Phi) is 6.18. The number of carbonyl (C=O) groups excluding carboxylic acids is 1. The molecule has 4 aromatic rings. The zero-order chi connectivity index (χ0) is 23.7. The van der Waals surface area contributed by atoms with Crippen LogP contribution in [0.15, 0.2) is 42.6 Å². The van der Waals surface area contributed by atoms with Crippen LogP contribution in [0.25, 0.3) is 5.65 Å². The van der Waals surface area contributed by atoms with Gasteiger partial charge in [0.05, 0.1) is 13.3 Å². The maximum Gasteiger partial charge on any atom is 0.257 e. The molecule has 0 fully saturated rings. The largest absolute Gasteiger partial charge is 0.497 e. The Bertz CT molecular complexity index is 1330. The molecule has 0 radical (unpaired) electrons. The van der Waals surface area contributed by atoms with Gasteiger partial charge in [-0.25, -0.2) is 9.50 Å². The summed E-state index contributed by atoms with van der Waals surface area (Å²) in [4.78, 5) is 17.7. The number of rotatable bonds is 6. The van der Waals surface area contributed by atoms with Crippen LogP contribution in [-0.2, 0) is 13.0 Å². The Labute approximate surface area is 194 Å². The number of nitrogens with one attached hydrogen (secondary N) is 1. The fourth-order valence-electron chi connectivity index (χ4n) is 4.45. The third-order valence-electron chi connectivity index (χ3n) is 6.23. The van der Waals surface area contributed by atoms with E-state index in [9.17, 15) is 4.79 Å². The molecule has 4 rings (SSSR count). The van der Waals surface area contributed by atoms with E-state index < -0.39 is 0 Å². The number of hydrogen-bond acceptors (Lipinski definition) is 4. The van der Waals surface area contributed by atoms with Gasteiger partial charge >= 0.3 is 0 Å². The van der Waals surface area contributed by atoms with Gasteiger partial charge in [-0.05, 0) is 74.6 Å². The first kappa shape index (κ1) is 22.5. The summed E-state index contributed by atoms with van der Waals surface area (Å²) in [5.41, 5.74) is 10.2. The van der Waals surface area contributed by atoms with Crippen molar-refractivity contribution in [2.45, 2.75) is 47.6 Å². The zero-order valence-electron chi connectivity index (χ0n) is 20.1. The second-order valence-electron chi connectivity index (χ2n) is 8.64. The lowest BCUT2D eigenvalue weighted by Gasteiger charge is -2.15. The quantitative estimate of drug-likeness (QED) is 0.466. The highest BCUT2D eigenvalue weighted by Gasteiger charge is 2.19. The van der Waals surface area contributed by atoms with E-state index in [1.165, 1.54) is 22.3 Å². The van der Waals surface area contributed by atoms with Crippen LogP contribution < -0.4 is 10.1 Å². The van der Waals surface area contributed by atoms with Crippen LogP contribution in [-0.4, -0.2) is 27.6 Å². The highest BCUT2D eigenvalue weighted by atomic mass is 16.5. The summed E-state index contributed by atoms with van der Waals surface area (Å²) < 4.78 is 7.04. The van der Waals surface area contributed by atoms with Gasteiger partial charge in [-0.3, -0.25) is 4.79 Å². The zero-order valence-corrected chi connectivity index (χ0v) is 20.1. The molecule has 2 aromatic heterocycles. The Balaban J connectivity index is 1.62. The number of fused-ring (bicyclic) bond motifs is 1. The molecule has 0 saturated heterocycles. The molecule has 2 aromatic carbocycles. The predicted octanol–water partition coefficient (Wildman–Crippen LogP) is 4.80. The van der Waals surface area contributed by atoms with Crippen LogP contribution in [0.3, 0.4) is 0 Å². The average molecular weight is 443 g/mol. The van der Waals surface area contributed by atoms with Gasteiger partial charge in [0.2, 0.25) is 0 Å². The number of aromatic nitrogens is 3. The molecule has 33 heavy (non-hydrogen) atoms. The molecule has 6 nitrogen and oxygen atoms in total. The first-order chi connectivity index (χ1) is 15.8. The molecule has 0 aliphatic heterocycles. The van der Waals surface area contributed by atoms with Gasteiger partial charge in [0, 0.05) is 24.4 Å². The number of amides is 1. The monoisotopic (exact) mass is 442 g/mol. The number of ether oxygens (including phenoxy) is 1. The van der Waals surface area contributed by atoms with Gasteiger partial charge in [-0.2, -0.15) is 5.10 Å². The molecule has 0 aliphatic carbocycles. The van der Waals surface area contributed by atoms with E-state index >= 15 is 0 Å². The van der Waals surface area contributed by atoms with Gasteiger partial charge in [0.25, 0.3) is 5.91 Å². The average Bonchev–Trinajstić information content (AvgIpc) is 3.20. The van der Waals surface area contributed by atoms with Crippen molar-refractivity contribution in [1.82, 2.24) is 19.9 Å². The van der Waals surface area contributed by atoms with Crippen LogP contribution in [0.2, 0.25) is 0 Å². The molecule has 0 saturated carbocycles. The van der Waals surface area contributed by atoms with Crippen LogP contribution >= 0.6 is 0 Å². The van der Waals surface area contributed by atoms with Crippen molar-refractivity contribution in [2.24, 2.45) is 0 Å². The van der Waals surface area contributed by atoms with E-state index in [4.69, 9.17) is 9.72 Å². The van der Waals surface area contributed by atoms with Gasteiger partial charge in [0.1, 0.15) is 11.3 Å². The van der Waals surface area contributed by atoms with Gasteiger partial charge < -0.3 is 10.1 Å². The van der Waals surface area contributed by atoms with Crippen molar-refractivity contribution in [3.63, 3.8) is 0 Å². The molecule has 0 unspecified atom stereocenters. The Morgan fingerprint density at radius 3 is 2.45 bits per heavy atom. The van der Waals surface area contributed by atoms with E-state index in [-0.39, 0.29) is 5.91 Å². The Morgan fingerprint density at radius 2 is 1.76 bits per heavy atom. The Hall–Kier alpha value is -3.67. The van der Waals surface area contributed by atoms with Gasteiger partial charge in [0.15, 0.2) is 5.65 Å². The summed E-state index contributed by atoms with van der Waals surface area (Å²) in [6.07, 6.45) is 2.39. The normalized spacial score (nSPS) is 11.1. The van der Waals surface area contributed by atoms with E-state index in [1.54, 1.807) is 17.8 Å². The lowest BCUT2D eigenvalue weighted by atomic mass is 9.93. The van der Waals surface area contributed by atoms with Gasteiger partial charge in [-0.1, -0.05) is 29.8 Å². The second kappa shape index (κ2) is 9.06. The lowest BCUT2D eigenvalue weighted by molar-refractivity contribution is 0.0952. The molecule has 0 spiro atoms. The summed E-state index contributed by atoms with van der Waals surface area (Å²) in [6, 6.07) is 12.1. The number of methoxy groups -OCH3 is 1. The summed E-state index contributed by atoms with van der Waals surface area (Å²) in [5, 5.41) is 7.47. The molecule has 1 amide bonds. The van der Waals surface area contributed by atoms with Crippen molar-refractivity contribution in [3.05, 3.63) is 92.9 Å². The van der Waals surface area contributed by atoms with Crippen LogP contribution in [0.1, 0.15) is 55.1 Å². The number of benzene rings is 2. The minimum atomic E-state index is -0.197. The smallest absolute Gasteiger partial charge is 0.257 e. The fourth-order valence-corrected chi connectivity index (χ4v) is 4.45. The van der Waals surface area contributed by atoms with Crippen LogP contribution in [0.5, 0.6) is 5.75 Å². The minimum Gasteiger partial charge on any atom is -0.497 e. The van der Waals surface area contributed by atoms with E-state index in [1.807, 2.05) is 38.1 Å². The highest BCUT2D eigenvalue weighted by Crippen LogP contribution is 2.25. The SMILES string of the molecule is COc1cccc(CNC(=O)c2cnn3c(C)c(Cc4c(C)cc(C)cc4C)c(C)nc23)c1. The van der Waals surface area contributed by atoms with Crippen molar-refractivity contribution >= 4 is 11.6 Å². The van der Waals surface area contributed by atoms with E-state index in [2.05, 4.69) is 43.3 Å². The Morgan fingerprint density at radius 1 is 1.03 bits per heavy atom. The molecule has 1 N–H and O–H groups in total. The first-order valence-corrected chi connectivity index (χ1v) is 11.1. The fraction of sp³-hybridized carbons (Fsp3) is 0.296.